The number of benzene rings is 2. The van der Waals surface area contributed by atoms with E-state index in [0.717, 1.165) is 34.5 Å². The van der Waals surface area contributed by atoms with Crippen molar-refractivity contribution in [2.45, 2.75) is 12.3 Å². The molecule has 0 fully saturated rings. The number of ether oxygens (including phenoxy) is 1. The number of carboxylic acids is 1. The molecule has 1 aromatic heterocycles. The van der Waals surface area contributed by atoms with E-state index in [1.165, 1.54) is 0 Å². The molecule has 0 unspecified atom stereocenters. The second kappa shape index (κ2) is 9.31. The molecule has 1 heterocycles. The van der Waals surface area contributed by atoms with Crippen molar-refractivity contribution in [3.63, 3.8) is 0 Å². The first kappa shape index (κ1) is 21.1. The first-order valence-corrected chi connectivity index (χ1v) is 10.0. The van der Waals surface area contributed by atoms with Gasteiger partial charge < -0.3 is 15.2 Å². The highest BCUT2D eigenvalue weighted by Crippen LogP contribution is 2.44. The Hall–Kier alpha value is -4.18. The van der Waals surface area contributed by atoms with E-state index in [0.29, 0.717) is 6.42 Å². The van der Waals surface area contributed by atoms with Crippen LogP contribution in [0, 0.1) is 17.8 Å². The standard InChI is InChI=1S/C25H19FN2O4/c26-23-21(24(29)30)13-16(14-28-23)7-5-6-12-27-25(31)32-15-22-19-10-3-1-8-17(19)18-9-2-4-11-20(18)22/h1-4,8-11,13-14,22H,6,12,15H2,(H,27,31)(H,29,30). The normalized spacial score (nSPS) is 11.7. The molecular weight excluding hydrogens is 411 g/mol. The minimum Gasteiger partial charge on any atom is -0.478 e. The lowest BCUT2D eigenvalue weighted by atomic mass is 9.98. The van der Waals surface area contributed by atoms with Crippen molar-refractivity contribution < 1.29 is 23.8 Å². The fourth-order valence-corrected chi connectivity index (χ4v) is 3.71. The summed E-state index contributed by atoms with van der Waals surface area (Å²) < 4.78 is 18.7. The molecule has 2 aromatic carbocycles. The van der Waals surface area contributed by atoms with Gasteiger partial charge in [-0.25, -0.2) is 14.6 Å². The Balaban J connectivity index is 1.29. The molecular formula is C25H19FN2O4. The molecule has 0 saturated carbocycles. The third-order valence-electron chi connectivity index (χ3n) is 5.17. The first-order valence-electron chi connectivity index (χ1n) is 10.0. The number of rotatable bonds is 5. The van der Waals surface area contributed by atoms with Crippen LogP contribution < -0.4 is 5.32 Å². The van der Waals surface area contributed by atoms with Crippen molar-refractivity contribution in [1.82, 2.24) is 10.3 Å². The fourth-order valence-electron chi connectivity index (χ4n) is 3.71. The van der Waals surface area contributed by atoms with Crippen LogP contribution in [-0.2, 0) is 4.74 Å². The van der Waals surface area contributed by atoms with Gasteiger partial charge in [0.25, 0.3) is 0 Å². The predicted octanol–water partition coefficient (Wildman–Crippen LogP) is 4.20. The molecule has 6 nitrogen and oxygen atoms in total. The molecule has 1 aliphatic carbocycles. The van der Waals surface area contributed by atoms with Crippen molar-refractivity contribution in [2.75, 3.05) is 13.2 Å². The molecule has 0 saturated heterocycles. The lowest BCUT2D eigenvalue weighted by Gasteiger charge is -2.14. The zero-order chi connectivity index (χ0) is 22.5. The van der Waals surface area contributed by atoms with Gasteiger partial charge in [0.15, 0.2) is 0 Å². The van der Waals surface area contributed by atoms with Crippen molar-refractivity contribution in [3.05, 3.63) is 89.0 Å². The van der Waals surface area contributed by atoms with Gasteiger partial charge in [0.2, 0.25) is 5.95 Å². The third kappa shape index (κ3) is 4.44. The Morgan fingerprint density at radius 2 is 1.75 bits per heavy atom. The largest absolute Gasteiger partial charge is 0.478 e. The summed E-state index contributed by atoms with van der Waals surface area (Å²) >= 11 is 0. The summed E-state index contributed by atoms with van der Waals surface area (Å²) in [5, 5.41) is 11.6. The molecule has 1 aliphatic rings. The van der Waals surface area contributed by atoms with Crippen LogP contribution in [0.25, 0.3) is 11.1 Å². The number of alkyl carbamates (subject to hydrolysis) is 1. The number of hydrogen-bond donors (Lipinski definition) is 2. The summed E-state index contributed by atoms with van der Waals surface area (Å²) in [7, 11) is 0. The lowest BCUT2D eigenvalue weighted by Crippen LogP contribution is -2.26. The molecule has 0 bridgehead atoms. The Morgan fingerprint density at radius 1 is 1.09 bits per heavy atom. The van der Waals surface area contributed by atoms with Gasteiger partial charge >= 0.3 is 12.1 Å². The summed E-state index contributed by atoms with van der Waals surface area (Å²) in [4.78, 5) is 26.4. The minimum absolute atomic E-state index is 0.0117. The van der Waals surface area contributed by atoms with Gasteiger partial charge in [-0.15, -0.1) is 0 Å². The molecule has 0 atom stereocenters. The van der Waals surface area contributed by atoms with E-state index >= 15 is 0 Å². The zero-order valence-electron chi connectivity index (χ0n) is 17.0. The molecule has 1 amide bonds. The number of nitrogens with zero attached hydrogens (tertiary/aromatic N) is 1. The third-order valence-corrected chi connectivity index (χ3v) is 5.17. The summed E-state index contributed by atoms with van der Waals surface area (Å²) in [6.45, 7) is 0.481. The highest BCUT2D eigenvalue weighted by atomic mass is 19.1. The molecule has 0 spiro atoms. The number of pyridine rings is 1. The van der Waals surface area contributed by atoms with Gasteiger partial charge in [0.1, 0.15) is 12.2 Å². The van der Waals surface area contributed by atoms with Crippen LogP contribution >= 0.6 is 0 Å². The molecule has 0 radical (unpaired) electrons. The van der Waals surface area contributed by atoms with E-state index < -0.39 is 23.6 Å². The monoisotopic (exact) mass is 430 g/mol. The van der Waals surface area contributed by atoms with E-state index in [1.807, 2.05) is 24.3 Å². The van der Waals surface area contributed by atoms with Crippen molar-refractivity contribution >= 4 is 12.1 Å². The number of aromatic carboxylic acids is 1. The van der Waals surface area contributed by atoms with Gasteiger partial charge in [-0.2, -0.15) is 4.39 Å². The number of carbonyl (C=O) groups excluding carboxylic acids is 1. The Kier molecular flexibility index (Phi) is 6.13. The number of nitrogens with one attached hydrogen (secondary N) is 1. The highest BCUT2D eigenvalue weighted by molar-refractivity contribution is 5.87. The van der Waals surface area contributed by atoms with Crippen LogP contribution in [0.5, 0.6) is 0 Å². The fraction of sp³-hybridized carbons (Fsp3) is 0.160. The van der Waals surface area contributed by atoms with Crippen molar-refractivity contribution in [1.29, 1.82) is 0 Å². The second-order valence-electron chi connectivity index (χ2n) is 7.17. The maximum atomic E-state index is 13.3. The molecule has 32 heavy (non-hydrogen) atoms. The second-order valence-corrected chi connectivity index (χ2v) is 7.17. The number of halogens is 1. The van der Waals surface area contributed by atoms with Crippen LogP contribution in [0.3, 0.4) is 0 Å². The molecule has 4 rings (SSSR count). The number of carboxylic acid groups (broad SMARTS) is 1. The Labute approximate surface area is 184 Å². The minimum atomic E-state index is -1.41. The van der Waals surface area contributed by atoms with Gasteiger partial charge in [0, 0.05) is 30.6 Å². The van der Waals surface area contributed by atoms with Gasteiger partial charge in [-0.3, -0.25) is 0 Å². The summed E-state index contributed by atoms with van der Waals surface area (Å²) in [5.74, 6) is 3.02. The Bertz CT molecular complexity index is 1200. The van der Waals surface area contributed by atoms with Crippen LogP contribution in [0.2, 0.25) is 0 Å². The van der Waals surface area contributed by atoms with E-state index in [1.54, 1.807) is 0 Å². The van der Waals surface area contributed by atoms with Crippen LogP contribution in [0.1, 0.15) is 39.4 Å². The van der Waals surface area contributed by atoms with E-state index in [2.05, 4.69) is 46.4 Å². The maximum Gasteiger partial charge on any atom is 0.407 e. The molecule has 7 heteroatoms. The van der Waals surface area contributed by atoms with Gasteiger partial charge in [-0.05, 0) is 28.3 Å². The first-order chi connectivity index (χ1) is 15.5. The summed E-state index contributed by atoms with van der Waals surface area (Å²) in [6.07, 6.45) is 0.933. The van der Waals surface area contributed by atoms with Gasteiger partial charge in [-0.1, -0.05) is 60.4 Å². The van der Waals surface area contributed by atoms with Crippen LogP contribution in [0.4, 0.5) is 9.18 Å². The summed E-state index contributed by atoms with van der Waals surface area (Å²) in [6, 6.07) is 17.3. The predicted molar refractivity (Wildman–Crippen MR) is 116 cm³/mol. The zero-order valence-corrected chi connectivity index (χ0v) is 17.0. The molecule has 160 valence electrons. The number of amides is 1. The highest BCUT2D eigenvalue weighted by Gasteiger charge is 2.28. The molecule has 2 N–H and O–H groups in total. The SMILES string of the molecule is O=C(NCCC#Cc1cnc(F)c(C(=O)O)c1)OCC1c2ccccc2-c2ccccc21. The van der Waals surface area contributed by atoms with Crippen molar-refractivity contribution in [3.8, 4) is 23.0 Å². The average molecular weight is 430 g/mol. The molecule has 0 aliphatic heterocycles. The number of hydrogen-bond acceptors (Lipinski definition) is 4. The average Bonchev–Trinajstić information content (AvgIpc) is 3.12. The maximum absolute atomic E-state index is 13.3. The van der Waals surface area contributed by atoms with E-state index in [-0.39, 0.29) is 24.6 Å². The quantitative estimate of drug-likeness (QED) is 0.360. The van der Waals surface area contributed by atoms with E-state index in [4.69, 9.17) is 9.84 Å². The van der Waals surface area contributed by atoms with Gasteiger partial charge in [0.05, 0.1) is 0 Å². The van der Waals surface area contributed by atoms with Crippen LogP contribution in [-0.4, -0.2) is 35.3 Å². The van der Waals surface area contributed by atoms with Crippen molar-refractivity contribution in [2.24, 2.45) is 0 Å². The van der Waals surface area contributed by atoms with E-state index in [9.17, 15) is 14.0 Å². The smallest absolute Gasteiger partial charge is 0.407 e. The Morgan fingerprint density at radius 3 is 2.41 bits per heavy atom. The lowest BCUT2D eigenvalue weighted by molar-refractivity contribution is 0.0690. The van der Waals surface area contributed by atoms with Crippen LogP contribution in [0.15, 0.2) is 60.8 Å². The number of carbonyl (C=O) groups is 2. The number of aromatic nitrogens is 1. The molecule has 3 aromatic rings. The topological polar surface area (TPSA) is 88.5 Å². The number of fused-ring (bicyclic) bond motifs is 3. The summed E-state index contributed by atoms with van der Waals surface area (Å²) in [5.41, 5.74) is 4.35.